The Bertz CT molecular complexity index is 1100. The molecule has 0 saturated heterocycles. The largest absolute Gasteiger partial charge is 0.361 e. The molecule has 1 aromatic heterocycles. The molecule has 0 bridgehead atoms. The molecule has 25 heavy (non-hydrogen) atoms. The number of hydrogen-bond donors (Lipinski definition) is 3. The molecule has 0 amide bonds. The third-order valence-corrected chi connectivity index (χ3v) is 6.23. The summed E-state index contributed by atoms with van der Waals surface area (Å²) in [5, 5.41) is 6.05. The van der Waals surface area contributed by atoms with E-state index in [2.05, 4.69) is 9.71 Å². The molecule has 1 heterocycles. The lowest BCUT2D eigenvalue weighted by Gasteiger charge is -2.07. The molecule has 0 fully saturated rings. The van der Waals surface area contributed by atoms with Gasteiger partial charge in [-0.1, -0.05) is 18.2 Å². The fourth-order valence-electron chi connectivity index (χ4n) is 2.55. The average Bonchev–Trinajstić information content (AvgIpc) is 2.97. The van der Waals surface area contributed by atoms with Crippen LogP contribution in [0.5, 0.6) is 0 Å². The molecule has 0 atom stereocenters. The van der Waals surface area contributed by atoms with Crippen LogP contribution >= 0.6 is 0 Å². The van der Waals surface area contributed by atoms with Gasteiger partial charge < -0.3 is 4.98 Å². The van der Waals surface area contributed by atoms with Crippen molar-refractivity contribution in [3.63, 3.8) is 0 Å². The third-order valence-electron chi connectivity index (χ3n) is 3.82. The van der Waals surface area contributed by atoms with Gasteiger partial charge in [0, 0.05) is 23.6 Å². The molecular weight excluding hydrogens is 362 g/mol. The van der Waals surface area contributed by atoms with Crippen molar-refractivity contribution in [3.8, 4) is 0 Å². The molecule has 132 valence electrons. The van der Waals surface area contributed by atoms with E-state index < -0.39 is 20.0 Å². The SMILES string of the molecule is NS(=O)(=O)c1ccc(S(=O)(=O)NCCc2c[nH]c3ccccc23)cc1. The van der Waals surface area contributed by atoms with Crippen molar-refractivity contribution in [2.24, 2.45) is 5.14 Å². The van der Waals surface area contributed by atoms with Crippen LogP contribution in [-0.4, -0.2) is 28.4 Å². The third kappa shape index (κ3) is 3.90. The van der Waals surface area contributed by atoms with Crippen LogP contribution in [0, 0.1) is 0 Å². The highest BCUT2D eigenvalue weighted by atomic mass is 32.2. The van der Waals surface area contributed by atoms with E-state index in [9.17, 15) is 16.8 Å². The predicted octanol–water partition coefficient (Wildman–Crippen LogP) is 1.34. The summed E-state index contributed by atoms with van der Waals surface area (Å²) in [6.07, 6.45) is 2.39. The summed E-state index contributed by atoms with van der Waals surface area (Å²) in [6, 6.07) is 12.6. The summed E-state index contributed by atoms with van der Waals surface area (Å²) in [5.41, 5.74) is 2.02. The normalized spacial score (nSPS) is 12.5. The Morgan fingerprint density at radius 1 is 0.920 bits per heavy atom. The summed E-state index contributed by atoms with van der Waals surface area (Å²) in [7, 11) is -7.58. The van der Waals surface area contributed by atoms with Gasteiger partial charge in [-0.15, -0.1) is 0 Å². The van der Waals surface area contributed by atoms with Crippen LogP contribution < -0.4 is 9.86 Å². The first-order valence-corrected chi connectivity index (χ1v) is 10.5. The zero-order valence-corrected chi connectivity index (χ0v) is 14.8. The van der Waals surface area contributed by atoms with Gasteiger partial charge in [-0.2, -0.15) is 0 Å². The van der Waals surface area contributed by atoms with Gasteiger partial charge in [0.2, 0.25) is 20.0 Å². The minimum absolute atomic E-state index is 0.0150. The van der Waals surface area contributed by atoms with Crippen LogP contribution in [0.1, 0.15) is 5.56 Å². The molecule has 3 aromatic rings. The number of H-pyrrole nitrogens is 1. The molecule has 9 heteroatoms. The number of aromatic nitrogens is 1. The first-order valence-electron chi connectivity index (χ1n) is 7.45. The smallest absolute Gasteiger partial charge is 0.240 e. The van der Waals surface area contributed by atoms with Crippen molar-refractivity contribution in [1.82, 2.24) is 9.71 Å². The topological polar surface area (TPSA) is 122 Å². The molecule has 0 unspecified atom stereocenters. The van der Waals surface area contributed by atoms with Crippen LogP contribution in [0.15, 0.2) is 64.5 Å². The number of rotatable bonds is 6. The number of hydrogen-bond acceptors (Lipinski definition) is 4. The first kappa shape index (κ1) is 17.6. The maximum atomic E-state index is 12.3. The highest BCUT2D eigenvalue weighted by Crippen LogP contribution is 2.18. The summed E-state index contributed by atoms with van der Waals surface area (Å²) in [4.78, 5) is 2.99. The monoisotopic (exact) mass is 379 g/mol. The number of nitrogens with one attached hydrogen (secondary N) is 2. The van der Waals surface area contributed by atoms with Crippen molar-refractivity contribution in [2.75, 3.05) is 6.54 Å². The van der Waals surface area contributed by atoms with E-state index in [-0.39, 0.29) is 16.3 Å². The Balaban J connectivity index is 1.69. The minimum atomic E-state index is -3.85. The Hall–Kier alpha value is -2.20. The number of benzene rings is 2. The second-order valence-electron chi connectivity index (χ2n) is 5.52. The van der Waals surface area contributed by atoms with Crippen LogP contribution in [-0.2, 0) is 26.5 Å². The molecule has 0 spiro atoms. The maximum absolute atomic E-state index is 12.3. The Kier molecular flexibility index (Phi) is 4.65. The lowest BCUT2D eigenvalue weighted by Crippen LogP contribution is -2.26. The molecule has 0 aliphatic rings. The number of para-hydroxylation sites is 1. The van der Waals surface area contributed by atoms with Crippen LogP contribution in [0.4, 0.5) is 0 Å². The molecule has 0 aliphatic carbocycles. The molecule has 4 N–H and O–H groups in total. The highest BCUT2D eigenvalue weighted by Gasteiger charge is 2.15. The zero-order valence-electron chi connectivity index (χ0n) is 13.1. The number of nitrogens with two attached hydrogens (primary N) is 1. The van der Waals surface area contributed by atoms with Crippen molar-refractivity contribution in [2.45, 2.75) is 16.2 Å². The fraction of sp³-hybridized carbons (Fsp3) is 0.125. The number of sulfonamides is 2. The van der Waals surface area contributed by atoms with Gasteiger partial charge in [0.1, 0.15) is 0 Å². The molecule has 0 aliphatic heterocycles. The predicted molar refractivity (Wildman–Crippen MR) is 95.0 cm³/mol. The van der Waals surface area contributed by atoms with Crippen molar-refractivity contribution in [3.05, 3.63) is 60.3 Å². The van der Waals surface area contributed by atoms with Gasteiger partial charge in [0.25, 0.3) is 0 Å². The number of aromatic amines is 1. The Labute approximate surface area is 146 Å². The number of fused-ring (bicyclic) bond motifs is 1. The van der Waals surface area contributed by atoms with Gasteiger partial charge in [-0.25, -0.2) is 26.7 Å². The maximum Gasteiger partial charge on any atom is 0.240 e. The van der Waals surface area contributed by atoms with Crippen molar-refractivity contribution < 1.29 is 16.8 Å². The van der Waals surface area contributed by atoms with Crippen molar-refractivity contribution in [1.29, 1.82) is 0 Å². The van der Waals surface area contributed by atoms with E-state index in [0.717, 1.165) is 16.5 Å². The average molecular weight is 379 g/mol. The van der Waals surface area contributed by atoms with Gasteiger partial charge in [-0.3, -0.25) is 0 Å². The first-order chi connectivity index (χ1) is 11.8. The van der Waals surface area contributed by atoms with Crippen LogP contribution in [0.3, 0.4) is 0 Å². The second-order valence-corrected chi connectivity index (χ2v) is 8.85. The quantitative estimate of drug-likeness (QED) is 0.598. The van der Waals surface area contributed by atoms with E-state index in [1.807, 2.05) is 30.5 Å². The fourth-order valence-corrected chi connectivity index (χ4v) is 4.10. The summed E-state index contributed by atoms with van der Waals surface area (Å²) in [5.74, 6) is 0. The highest BCUT2D eigenvalue weighted by molar-refractivity contribution is 7.89. The standard InChI is InChI=1S/C16H17N3O4S2/c17-24(20,21)13-5-7-14(8-6-13)25(22,23)19-10-9-12-11-18-16-4-2-1-3-15(12)16/h1-8,11,18-19H,9-10H2,(H2,17,20,21). The van der Waals surface area contributed by atoms with Crippen LogP contribution in [0.25, 0.3) is 10.9 Å². The van der Waals surface area contributed by atoms with Crippen LogP contribution in [0.2, 0.25) is 0 Å². The zero-order chi connectivity index (χ0) is 18.1. The molecule has 0 radical (unpaired) electrons. The van der Waals surface area contributed by atoms with E-state index in [0.29, 0.717) is 6.42 Å². The van der Waals surface area contributed by atoms with E-state index in [4.69, 9.17) is 5.14 Å². The Morgan fingerprint density at radius 2 is 1.56 bits per heavy atom. The van der Waals surface area contributed by atoms with Gasteiger partial charge >= 0.3 is 0 Å². The molecular formula is C16H17N3O4S2. The minimum Gasteiger partial charge on any atom is -0.361 e. The molecule has 7 nitrogen and oxygen atoms in total. The molecule has 2 aromatic carbocycles. The lowest BCUT2D eigenvalue weighted by molar-refractivity contribution is 0.581. The lowest BCUT2D eigenvalue weighted by atomic mass is 10.1. The van der Waals surface area contributed by atoms with E-state index in [1.54, 1.807) is 0 Å². The van der Waals surface area contributed by atoms with E-state index >= 15 is 0 Å². The summed E-state index contributed by atoms with van der Waals surface area (Å²) < 4.78 is 49.5. The molecule has 3 rings (SSSR count). The number of primary sulfonamides is 1. The summed E-state index contributed by atoms with van der Waals surface area (Å²) in [6.45, 7) is 0.223. The van der Waals surface area contributed by atoms with Crippen molar-refractivity contribution >= 4 is 30.9 Å². The second kappa shape index (κ2) is 6.60. The summed E-state index contributed by atoms with van der Waals surface area (Å²) >= 11 is 0. The Morgan fingerprint density at radius 3 is 2.24 bits per heavy atom. The van der Waals surface area contributed by atoms with Gasteiger partial charge in [-0.05, 0) is 42.3 Å². The molecule has 0 saturated carbocycles. The van der Waals surface area contributed by atoms with Gasteiger partial charge in [0.05, 0.1) is 9.79 Å². The van der Waals surface area contributed by atoms with E-state index in [1.165, 1.54) is 24.3 Å². The van der Waals surface area contributed by atoms with Gasteiger partial charge in [0.15, 0.2) is 0 Å².